The molecule has 0 N–H and O–H groups in total. The molecule has 2 aromatic heterocycles. The van der Waals surface area contributed by atoms with Crippen LogP contribution in [-0.2, 0) is 17.8 Å². The molecular weight excluding hydrogens is 340 g/mol. The normalized spacial score (nSPS) is 19.5. The van der Waals surface area contributed by atoms with Crippen LogP contribution >= 0.6 is 0 Å². The number of pyridine rings is 1. The summed E-state index contributed by atoms with van der Waals surface area (Å²) in [5.74, 6) is 1.85. The molecule has 1 amide bonds. The summed E-state index contributed by atoms with van der Waals surface area (Å²) < 4.78 is 0. The van der Waals surface area contributed by atoms with Crippen LogP contribution in [0.3, 0.4) is 0 Å². The first-order valence-corrected chi connectivity index (χ1v) is 9.50. The molecule has 142 valence electrons. The predicted molar refractivity (Wildman–Crippen MR) is 104 cm³/mol. The number of aromatic nitrogens is 3. The van der Waals surface area contributed by atoms with Gasteiger partial charge in [-0.3, -0.25) is 9.78 Å². The van der Waals surface area contributed by atoms with Gasteiger partial charge in [0.05, 0.1) is 12.2 Å². The second kappa shape index (κ2) is 7.23. The van der Waals surface area contributed by atoms with E-state index in [1.165, 1.54) is 5.56 Å². The minimum atomic E-state index is 0.0973. The van der Waals surface area contributed by atoms with Gasteiger partial charge in [-0.1, -0.05) is 0 Å². The minimum absolute atomic E-state index is 0.0973. The van der Waals surface area contributed by atoms with Crippen LogP contribution in [0.5, 0.6) is 0 Å². The highest BCUT2D eigenvalue weighted by Crippen LogP contribution is 2.31. The molecule has 0 saturated carbocycles. The lowest BCUT2D eigenvalue weighted by Crippen LogP contribution is -2.37. The standard InChI is InChI=1S/C20H26N6O/c1-14(27)25-11-7-17-18(13-25)22-19(15-4-8-21-9-5-15)23-20(17)26-10-6-16(12-26)24(2)3/h4-5,8-9,16H,6-7,10-13H2,1-3H3. The zero-order chi connectivity index (χ0) is 19.0. The monoisotopic (exact) mass is 366 g/mol. The predicted octanol–water partition coefficient (Wildman–Crippen LogP) is 1.58. The molecule has 0 radical (unpaired) electrons. The molecule has 1 saturated heterocycles. The Morgan fingerprint density at radius 3 is 2.63 bits per heavy atom. The summed E-state index contributed by atoms with van der Waals surface area (Å²) in [5, 5.41) is 0. The molecule has 27 heavy (non-hydrogen) atoms. The lowest BCUT2D eigenvalue weighted by atomic mass is 10.0. The molecular formula is C20H26N6O. The Kier molecular flexibility index (Phi) is 4.78. The maximum absolute atomic E-state index is 11.9. The van der Waals surface area contributed by atoms with Crippen LogP contribution in [0, 0.1) is 0 Å². The number of likely N-dealkylation sites (N-methyl/N-ethyl adjacent to an activating group) is 1. The molecule has 1 atom stereocenters. The molecule has 0 aromatic carbocycles. The largest absolute Gasteiger partial charge is 0.355 e. The summed E-state index contributed by atoms with van der Waals surface area (Å²) in [6.45, 7) is 4.89. The van der Waals surface area contributed by atoms with Crippen LogP contribution in [-0.4, -0.2) is 70.4 Å². The van der Waals surface area contributed by atoms with Crippen molar-refractivity contribution < 1.29 is 4.79 Å². The Morgan fingerprint density at radius 2 is 1.96 bits per heavy atom. The van der Waals surface area contributed by atoms with Gasteiger partial charge in [-0.15, -0.1) is 0 Å². The minimum Gasteiger partial charge on any atom is -0.355 e. The van der Waals surface area contributed by atoms with Crippen molar-refractivity contribution in [2.24, 2.45) is 0 Å². The third-order valence-electron chi connectivity index (χ3n) is 5.62. The van der Waals surface area contributed by atoms with Gasteiger partial charge in [-0.2, -0.15) is 0 Å². The summed E-state index contributed by atoms with van der Waals surface area (Å²) in [6, 6.07) is 4.41. The van der Waals surface area contributed by atoms with Gasteiger partial charge in [-0.25, -0.2) is 9.97 Å². The number of nitrogens with zero attached hydrogens (tertiary/aromatic N) is 6. The molecule has 4 heterocycles. The zero-order valence-corrected chi connectivity index (χ0v) is 16.2. The quantitative estimate of drug-likeness (QED) is 0.822. The summed E-state index contributed by atoms with van der Waals surface area (Å²) in [4.78, 5) is 32.3. The van der Waals surface area contributed by atoms with E-state index in [0.29, 0.717) is 18.4 Å². The summed E-state index contributed by atoms with van der Waals surface area (Å²) in [5.41, 5.74) is 3.13. The van der Waals surface area contributed by atoms with Crippen molar-refractivity contribution in [1.29, 1.82) is 0 Å². The lowest BCUT2D eigenvalue weighted by Gasteiger charge is -2.31. The molecule has 2 aromatic rings. The van der Waals surface area contributed by atoms with Gasteiger partial charge in [0.1, 0.15) is 5.82 Å². The summed E-state index contributed by atoms with van der Waals surface area (Å²) in [7, 11) is 4.27. The molecule has 0 bridgehead atoms. The summed E-state index contributed by atoms with van der Waals surface area (Å²) in [6.07, 6.45) is 5.47. The number of carbonyl (C=O) groups is 1. The third kappa shape index (κ3) is 3.51. The van der Waals surface area contributed by atoms with Crippen LogP contribution in [0.2, 0.25) is 0 Å². The second-order valence-corrected chi connectivity index (χ2v) is 7.57. The molecule has 1 unspecified atom stereocenters. The van der Waals surface area contributed by atoms with E-state index < -0.39 is 0 Å². The molecule has 4 rings (SSSR count). The van der Waals surface area contributed by atoms with Gasteiger partial charge in [-0.05, 0) is 39.1 Å². The van der Waals surface area contributed by atoms with Crippen LogP contribution in [0.4, 0.5) is 5.82 Å². The van der Waals surface area contributed by atoms with Crippen molar-refractivity contribution in [3.05, 3.63) is 35.8 Å². The van der Waals surface area contributed by atoms with Crippen LogP contribution in [0.25, 0.3) is 11.4 Å². The fraction of sp³-hybridized carbons (Fsp3) is 0.500. The van der Waals surface area contributed by atoms with E-state index in [1.54, 1.807) is 19.3 Å². The average molecular weight is 366 g/mol. The number of fused-ring (bicyclic) bond motifs is 1. The van der Waals surface area contributed by atoms with Gasteiger partial charge >= 0.3 is 0 Å². The fourth-order valence-electron chi connectivity index (χ4n) is 3.93. The van der Waals surface area contributed by atoms with E-state index in [1.807, 2.05) is 17.0 Å². The van der Waals surface area contributed by atoms with Crippen LogP contribution < -0.4 is 4.90 Å². The maximum Gasteiger partial charge on any atom is 0.219 e. The van der Waals surface area contributed by atoms with Gasteiger partial charge in [0.25, 0.3) is 0 Å². The number of rotatable bonds is 3. The first kappa shape index (κ1) is 17.9. The number of carbonyl (C=O) groups excluding carboxylic acids is 1. The number of hydrogen-bond donors (Lipinski definition) is 0. The van der Waals surface area contributed by atoms with Crippen molar-refractivity contribution in [2.45, 2.75) is 32.4 Å². The number of hydrogen-bond acceptors (Lipinski definition) is 6. The molecule has 0 aliphatic carbocycles. The molecule has 7 nitrogen and oxygen atoms in total. The van der Waals surface area contributed by atoms with Crippen LogP contribution in [0.15, 0.2) is 24.5 Å². The van der Waals surface area contributed by atoms with E-state index >= 15 is 0 Å². The van der Waals surface area contributed by atoms with E-state index in [0.717, 1.165) is 49.6 Å². The van der Waals surface area contributed by atoms with E-state index in [2.05, 4.69) is 28.9 Å². The van der Waals surface area contributed by atoms with Crippen molar-refractivity contribution in [3.63, 3.8) is 0 Å². The Balaban J connectivity index is 1.75. The Labute approximate surface area is 160 Å². The molecule has 0 spiro atoms. The maximum atomic E-state index is 11.9. The molecule has 7 heteroatoms. The Hall–Kier alpha value is -2.54. The van der Waals surface area contributed by atoms with Gasteiger partial charge < -0.3 is 14.7 Å². The highest BCUT2D eigenvalue weighted by Gasteiger charge is 2.30. The number of anilines is 1. The van der Waals surface area contributed by atoms with Crippen LogP contribution in [0.1, 0.15) is 24.6 Å². The molecule has 2 aliphatic rings. The SMILES string of the molecule is CC(=O)N1CCc2c(nc(-c3ccncc3)nc2N2CCC(N(C)C)C2)C1. The van der Waals surface area contributed by atoms with Crippen molar-refractivity contribution >= 4 is 11.7 Å². The van der Waals surface area contributed by atoms with E-state index in [-0.39, 0.29) is 5.91 Å². The van der Waals surface area contributed by atoms with Gasteiger partial charge in [0, 0.05) is 56.1 Å². The topological polar surface area (TPSA) is 65.5 Å². The zero-order valence-electron chi connectivity index (χ0n) is 16.2. The summed E-state index contributed by atoms with van der Waals surface area (Å²) >= 11 is 0. The van der Waals surface area contributed by atoms with E-state index in [4.69, 9.17) is 9.97 Å². The molecule has 1 fully saturated rings. The first-order chi connectivity index (χ1) is 13.0. The fourth-order valence-corrected chi connectivity index (χ4v) is 3.93. The Morgan fingerprint density at radius 1 is 1.19 bits per heavy atom. The van der Waals surface area contributed by atoms with Crippen molar-refractivity contribution in [1.82, 2.24) is 24.8 Å². The third-order valence-corrected chi connectivity index (χ3v) is 5.62. The van der Waals surface area contributed by atoms with Crippen molar-refractivity contribution in [3.8, 4) is 11.4 Å². The molecule has 2 aliphatic heterocycles. The smallest absolute Gasteiger partial charge is 0.219 e. The lowest BCUT2D eigenvalue weighted by molar-refractivity contribution is -0.129. The highest BCUT2D eigenvalue weighted by atomic mass is 16.2. The van der Waals surface area contributed by atoms with Gasteiger partial charge in [0.2, 0.25) is 5.91 Å². The second-order valence-electron chi connectivity index (χ2n) is 7.57. The average Bonchev–Trinajstić information content (AvgIpc) is 3.17. The van der Waals surface area contributed by atoms with E-state index in [9.17, 15) is 4.79 Å². The first-order valence-electron chi connectivity index (χ1n) is 9.50. The van der Waals surface area contributed by atoms with Gasteiger partial charge in [0.15, 0.2) is 5.82 Å². The number of amides is 1. The van der Waals surface area contributed by atoms with Crippen molar-refractivity contribution in [2.75, 3.05) is 38.6 Å². The highest BCUT2D eigenvalue weighted by molar-refractivity contribution is 5.74. The Bertz CT molecular complexity index is 838.